The lowest BCUT2D eigenvalue weighted by atomic mass is 10.1. The molecule has 0 fully saturated rings. The molecular formula is C28H29N3O5. The number of fused-ring (bicyclic) bond motifs is 1. The van der Waals surface area contributed by atoms with Crippen molar-refractivity contribution in [2.75, 3.05) is 24.7 Å². The van der Waals surface area contributed by atoms with Crippen LogP contribution in [-0.4, -0.2) is 42.3 Å². The fourth-order valence-corrected chi connectivity index (χ4v) is 3.83. The summed E-state index contributed by atoms with van der Waals surface area (Å²) in [6.45, 7) is 4.50. The Morgan fingerprint density at radius 2 is 1.94 bits per heavy atom. The van der Waals surface area contributed by atoms with E-state index in [1.54, 1.807) is 29.3 Å². The first kappa shape index (κ1) is 24.9. The standard InChI is InChI=1S/C28H29N3O5/c1-19-8-10-23(14-20(19)2)35-17-25(32)21-9-11-26-24(15-21)31(28(34)18-36-26)13-5-7-27(33)30-16-22-6-3-4-12-29-22/h3-4,6,8-12,14-15H,5,7,13,16-18H2,1-2H3,(H,30,33). The number of hydrogen-bond donors (Lipinski definition) is 1. The molecule has 0 radical (unpaired) electrons. The summed E-state index contributed by atoms with van der Waals surface area (Å²) in [7, 11) is 0. The van der Waals surface area contributed by atoms with E-state index in [0.717, 1.165) is 16.8 Å². The summed E-state index contributed by atoms with van der Waals surface area (Å²) in [4.78, 5) is 43.4. The van der Waals surface area contributed by atoms with Gasteiger partial charge in [0.1, 0.15) is 11.5 Å². The van der Waals surface area contributed by atoms with Gasteiger partial charge in [0.05, 0.1) is 17.9 Å². The van der Waals surface area contributed by atoms with Gasteiger partial charge in [-0.1, -0.05) is 12.1 Å². The van der Waals surface area contributed by atoms with Crippen molar-refractivity contribution >= 4 is 23.3 Å². The zero-order valence-electron chi connectivity index (χ0n) is 20.5. The normalized spacial score (nSPS) is 12.5. The topological polar surface area (TPSA) is 97.8 Å². The van der Waals surface area contributed by atoms with Crippen LogP contribution in [0.5, 0.6) is 11.5 Å². The molecule has 1 N–H and O–H groups in total. The van der Waals surface area contributed by atoms with E-state index in [1.807, 2.05) is 50.2 Å². The number of ketones is 1. The highest BCUT2D eigenvalue weighted by atomic mass is 16.5. The van der Waals surface area contributed by atoms with Crippen molar-refractivity contribution in [3.8, 4) is 11.5 Å². The molecular weight excluding hydrogens is 458 g/mol. The summed E-state index contributed by atoms with van der Waals surface area (Å²) in [5.41, 5.74) is 3.97. The van der Waals surface area contributed by atoms with Crippen molar-refractivity contribution in [3.63, 3.8) is 0 Å². The maximum atomic E-state index is 12.8. The number of pyridine rings is 1. The molecule has 0 aliphatic carbocycles. The Balaban J connectivity index is 1.35. The third-order valence-electron chi connectivity index (χ3n) is 6.05. The van der Waals surface area contributed by atoms with Crippen LogP contribution in [0.1, 0.15) is 40.0 Å². The Morgan fingerprint density at radius 1 is 1.08 bits per heavy atom. The van der Waals surface area contributed by atoms with E-state index in [4.69, 9.17) is 9.47 Å². The van der Waals surface area contributed by atoms with E-state index < -0.39 is 0 Å². The van der Waals surface area contributed by atoms with Crippen molar-refractivity contribution < 1.29 is 23.9 Å². The number of benzene rings is 2. The van der Waals surface area contributed by atoms with Crippen LogP contribution in [-0.2, 0) is 16.1 Å². The largest absolute Gasteiger partial charge is 0.485 e. The van der Waals surface area contributed by atoms with Crippen LogP contribution in [0.15, 0.2) is 60.8 Å². The molecule has 1 aliphatic heterocycles. The number of rotatable bonds is 10. The second kappa shape index (κ2) is 11.5. The maximum Gasteiger partial charge on any atom is 0.265 e. The van der Waals surface area contributed by atoms with E-state index in [-0.39, 0.29) is 37.2 Å². The number of hydrogen-bond acceptors (Lipinski definition) is 6. The number of ether oxygens (including phenoxy) is 2. The van der Waals surface area contributed by atoms with Crippen LogP contribution in [0.2, 0.25) is 0 Å². The van der Waals surface area contributed by atoms with Crippen molar-refractivity contribution in [1.29, 1.82) is 0 Å². The smallest absolute Gasteiger partial charge is 0.265 e. The fraction of sp³-hybridized carbons (Fsp3) is 0.286. The van der Waals surface area contributed by atoms with Gasteiger partial charge in [0.2, 0.25) is 5.91 Å². The number of aryl methyl sites for hydroxylation is 2. The molecule has 4 rings (SSSR count). The van der Waals surface area contributed by atoms with Gasteiger partial charge in [-0.25, -0.2) is 0 Å². The second-order valence-electron chi connectivity index (χ2n) is 8.68. The van der Waals surface area contributed by atoms with Crippen LogP contribution < -0.4 is 19.7 Å². The Hall–Kier alpha value is -4.20. The van der Waals surface area contributed by atoms with Crippen LogP contribution in [0.25, 0.3) is 0 Å². The van der Waals surface area contributed by atoms with Gasteiger partial charge in [-0.05, 0) is 73.9 Å². The quantitative estimate of drug-likeness (QED) is 0.437. The van der Waals surface area contributed by atoms with Crippen LogP contribution in [0, 0.1) is 13.8 Å². The molecule has 1 aliphatic rings. The SMILES string of the molecule is Cc1ccc(OCC(=O)c2ccc3c(c2)N(CCCC(=O)NCc2ccccn2)C(=O)CO3)cc1C. The van der Waals surface area contributed by atoms with Gasteiger partial charge >= 0.3 is 0 Å². The highest BCUT2D eigenvalue weighted by Crippen LogP contribution is 2.33. The average Bonchev–Trinajstić information content (AvgIpc) is 2.89. The Morgan fingerprint density at radius 3 is 2.72 bits per heavy atom. The highest BCUT2D eigenvalue weighted by Gasteiger charge is 2.26. The minimum Gasteiger partial charge on any atom is -0.485 e. The van der Waals surface area contributed by atoms with Gasteiger partial charge in [0.15, 0.2) is 19.0 Å². The first-order valence-corrected chi connectivity index (χ1v) is 11.9. The highest BCUT2D eigenvalue weighted by molar-refractivity contribution is 6.02. The number of anilines is 1. The zero-order chi connectivity index (χ0) is 25.5. The van der Waals surface area contributed by atoms with Crippen molar-refractivity contribution in [2.24, 2.45) is 0 Å². The molecule has 0 spiro atoms. The van der Waals surface area contributed by atoms with E-state index in [2.05, 4.69) is 10.3 Å². The lowest BCUT2D eigenvalue weighted by Gasteiger charge is -2.29. The Bertz CT molecular complexity index is 1260. The molecule has 8 nitrogen and oxygen atoms in total. The lowest BCUT2D eigenvalue weighted by Crippen LogP contribution is -2.40. The first-order valence-electron chi connectivity index (χ1n) is 11.9. The van der Waals surface area contributed by atoms with Gasteiger partial charge in [0.25, 0.3) is 5.91 Å². The zero-order valence-corrected chi connectivity index (χ0v) is 20.5. The van der Waals surface area contributed by atoms with E-state index in [9.17, 15) is 14.4 Å². The Kier molecular flexibility index (Phi) is 7.95. The molecule has 186 valence electrons. The molecule has 0 unspecified atom stereocenters. The van der Waals surface area contributed by atoms with Gasteiger partial charge in [0, 0.05) is 24.7 Å². The molecule has 36 heavy (non-hydrogen) atoms. The number of nitrogens with zero attached hydrogens (tertiary/aromatic N) is 2. The second-order valence-corrected chi connectivity index (χ2v) is 8.68. The molecule has 8 heteroatoms. The fourth-order valence-electron chi connectivity index (χ4n) is 3.83. The van der Waals surface area contributed by atoms with Gasteiger partial charge in [-0.2, -0.15) is 0 Å². The molecule has 2 heterocycles. The number of Topliss-reactive ketones (excluding diaryl/α,β-unsaturated/α-hetero) is 1. The number of aromatic nitrogens is 1. The van der Waals surface area contributed by atoms with Gasteiger partial charge < -0.3 is 19.7 Å². The van der Waals surface area contributed by atoms with Crippen molar-refractivity contribution in [3.05, 3.63) is 83.2 Å². The third-order valence-corrected chi connectivity index (χ3v) is 6.05. The minimum atomic E-state index is -0.215. The Labute approximate surface area is 210 Å². The van der Waals surface area contributed by atoms with Crippen LogP contribution in [0.4, 0.5) is 5.69 Å². The summed E-state index contributed by atoms with van der Waals surface area (Å²) in [5, 5.41) is 2.84. The number of amides is 2. The van der Waals surface area contributed by atoms with E-state index in [1.165, 1.54) is 0 Å². The van der Waals surface area contributed by atoms with Crippen LogP contribution >= 0.6 is 0 Å². The number of carbonyl (C=O) groups excluding carboxylic acids is 3. The summed E-state index contributed by atoms with van der Waals surface area (Å²) in [5.74, 6) is 0.621. The van der Waals surface area contributed by atoms with Gasteiger partial charge in [-0.3, -0.25) is 19.4 Å². The summed E-state index contributed by atoms with van der Waals surface area (Å²) < 4.78 is 11.2. The van der Waals surface area contributed by atoms with Crippen molar-refractivity contribution in [1.82, 2.24) is 10.3 Å². The van der Waals surface area contributed by atoms with Crippen LogP contribution in [0.3, 0.4) is 0 Å². The van der Waals surface area contributed by atoms with Crippen molar-refractivity contribution in [2.45, 2.75) is 33.2 Å². The number of carbonyl (C=O) groups is 3. The number of nitrogens with one attached hydrogen (secondary N) is 1. The summed E-state index contributed by atoms with van der Waals surface area (Å²) >= 11 is 0. The molecule has 0 saturated carbocycles. The van der Waals surface area contributed by atoms with E-state index in [0.29, 0.717) is 42.3 Å². The summed E-state index contributed by atoms with van der Waals surface area (Å²) in [6.07, 6.45) is 2.40. The monoisotopic (exact) mass is 487 g/mol. The lowest BCUT2D eigenvalue weighted by molar-refractivity contribution is -0.123. The molecule has 0 saturated heterocycles. The van der Waals surface area contributed by atoms with E-state index >= 15 is 0 Å². The maximum absolute atomic E-state index is 12.8. The predicted molar refractivity (Wildman–Crippen MR) is 135 cm³/mol. The van der Waals surface area contributed by atoms with Gasteiger partial charge in [-0.15, -0.1) is 0 Å². The molecule has 2 amide bonds. The molecule has 3 aromatic rings. The predicted octanol–water partition coefficient (Wildman–Crippen LogP) is 3.78. The molecule has 0 bridgehead atoms. The molecule has 2 aromatic carbocycles. The minimum absolute atomic E-state index is 0.0813. The molecule has 1 aromatic heterocycles. The molecule has 0 atom stereocenters. The average molecular weight is 488 g/mol. The third kappa shape index (κ3) is 6.27. The first-order chi connectivity index (χ1) is 17.4. The summed E-state index contributed by atoms with van der Waals surface area (Å²) in [6, 6.07) is 16.2.